The first-order valence-electron chi connectivity index (χ1n) is 12.3. The summed E-state index contributed by atoms with van der Waals surface area (Å²) in [5.74, 6) is 0.0841. The topological polar surface area (TPSA) is 84.5 Å². The van der Waals surface area contributed by atoms with E-state index in [1.165, 1.54) is 11.8 Å². The van der Waals surface area contributed by atoms with Crippen molar-refractivity contribution in [2.24, 2.45) is 0 Å². The van der Waals surface area contributed by atoms with E-state index in [0.717, 1.165) is 16.0 Å². The molecule has 0 aromatic heterocycles. The maximum absolute atomic E-state index is 13.3. The molecule has 0 fully saturated rings. The molecule has 4 aromatic carbocycles. The highest BCUT2D eigenvalue weighted by molar-refractivity contribution is 8.00. The summed E-state index contributed by atoms with van der Waals surface area (Å²) in [6.07, 6.45) is 1.65. The van der Waals surface area contributed by atoms with Crippen LogP contribution in [0.5, 0.6) is 5.75 Å². The molecule has 4 rings (SSSR count). The van der Waals surface area contributed by atoms with Gasteiger partial charge < -0.3 is 15.4 Å². The number of ketones is 1. The summed E-state index contributed by atoms with van der Waals surface area (Å²) < 4.78 is 5.14. The summed E-state index contributed by atoms with van der Waals surface area (Å²) >= 11 is 1.38. The second-order valence-corrected chi connectivity index (χ2v) is 9.76. The van der Waals surface area contributed by atoms with E-state index in [0.29, 0.717) is 22.6 Å². The van der Waals surface area contributed by atoms with Crippen LogP contribution >= 0.6 is 11.8 Å². The Hall–Kier alpha value is -4.62. The highest BCUT2D eigenvalue weighted by atomic mass is 32.2. The highest BCUT2D eigenvalue weighted by Gasteiger charge is 2.16. The van der Waals surface area contributed by atoms with Gasteiger partial charge >= 0.3 is 0 Å². The van der Waals surface area contributed by atoms with Crippen LogP contribution in [0.3, 0.4) is 0 Å². The molecule has 0 aliphatic heterocycles. The number of ether oxygens (including phenoxy) is 1. The van der Waals surface area contributed by atoms with E-state index in [1.807, 2.05) is 49.4 Å². The zero-order chi connectivity index (χ0) is 27.6. The molecule has 0 saturated carbocycles. The van der Waals surface area contributed by atoms with E-state index in [2.05, 4.69) is 10.6 Å². The SMILES string of the molecule is COc1ccc(C(=O)CSc2cccc(NC(=O)/C(=C/c3cccc(C)c3)NC(=O)c3ccccc3)c2)cc1. The van der Waals surface area contributed by atoms with Gasteiger partial charge in [0.05, 0.1) is 12.9 Å². The van der Waals surface area contributed by atoms with Crippen molar-refractivity contribution in [2.45, 2.75) is 11.8 Å². The molecule has 0 radical (unpaired) electrons. The monoisotopic (exact) mass is 536 g/mol. The van der Waals surface area contributed by atoms with Crippen LogP contribution in [-0.4, -0.2) is 30.5 Å². The third kappa shape index (κ3) is 7.93. The maximum atomic E-state index is 13.3. The second-order valence-electron chi connectivity index (χ2n) is 8.71. The Bertz CT molecular complexity index is 1500. The van der Waals surface area contributed by atoms with Crippen LogP contribution in [0.25, 0.3) is 6.08 Å². The predicted molar refractivity (Wildman–Crippen MR) is 156 cm³/mol. The van der Waals surface area contributed by atoms with E-state index >= 15 is 0 Å². The fraction of sp³-hybridized carbons (Fsp3) is 0.0938. The average molecular weight is 537 g/mol. The van der Waals surface area contributed by atoms with Crippen LogP contribution in [-0.2, 0) is 4.79 Å². The van der Waals surface area contributed by atoms with Crippen molar-refractivity contribution in [1.29, 1.82) is 0 Å². The average Bonchev–Trinajstić information content (AvgIpc) is 2.96. The summed E-state index contributed by atoms with van der Waals surface area (Å²) in [4.78, 5) is 39.6. The highest BCUT2D eigenvalue weighted by Crippen LogP contribution is 2.24. The molecule has 7 heteroatoms. The van der Waals surface area contributed by atoms with Crippen molar-refractivity contribution in [3.05, 3.63) is 131 Å². The molecule has 6 nitrogen and oxygen atoms in total. The lowest BCUT2D eigenvalue weighted by atomic mass is 10.1. The zero-order valence-electron chi connectivity index (χ0n) is 21.6. The quantitative estimate of drug-likeness (QED) is 0.139. The predicted octanol–water partition coefficient (Wildman–Crippen LogP) is 6.39. The number of hydrogen-bond donors (Lipinski definition) is 2. The van der Waals surface area contributed by atoms with Gasteiger partial charge in [0.15, 0.2) is 5.78 Å². The lowest BCUT2D eigenvalue weighted by Gasteiger charge is -2.12. The van der Waals surface area contributed by atoms with Crippen LogP contribution in [0.1, 0.15) is 31.8 Å². The smallest absolute Gasteiger partial charge is 0.272 e. The molecule has 196 valence electrons. The molecule has 0 heterocycles. The minimum atomic E-state index is -0.461. The summed E-state index contributed by atoms with van der Waals surface area (Å²) in [5, 5.41) is 5.63. The number of anilines is 1. The molecule has 4 aromatic rings. The molecule has 39 heavy (non-hydrogen) atoms. The number of hydrogen-bond acceptors (Lipinski definition) is 5. The van der Waals surface area contributed by atoms with Gasteiger partial charge in [-0.05, 0) is 73.2 Å². The number of aryl methyl sites for hydroxylation is 1. The first-order chi connectivity index (χ1) is 18.9. The number of nitrogens with one attached hydrogen (secondary N) is 2. The van der Waals surface area contributed by atoms with Crippen molar-refractivity contribution >= 4 is 41.1 Å². The second kappa shape index (κ2) is 13.3. The number of thioether (sulfide) groups is 1. The normalized spacial score (nSPS) is 11.0. The summed E-state index contributed by atoms with van der Waals surface area (Å²) in [5.41, 5.74) is 3.53. The van der Waals surface area contributed by atoms with Gasteiger partial charge in [-0.3, -0.25) is 14.4 Å². The van der Waals surface area contributed by atoms with Crippen molar-refractivity contribution < 1.29 is 19.1 Å². The molecule has 0 atom stereocenters. The van der Waals surface area contributed by atoms with E-state index in [-0.39, 0.29) is 23.1 Å². The van der Waals surface area contributed by atoms with Crippen molar-refractivity contribution in [3.63, 3.8) is 0 Å². The fourth-order valence-electron chi connectivity index (χ4n) is 3.74. The maximum Gasteiger partial charge on any atom is 0.272 e. The number of carbonyl (C=O) groups is 3. The van der Waals surface area contributed by atoms with Crippen LogP contribution < -0.4 is 15.4 Å². The van der Waals surface area contributed by atoms with Gasteiger partial charge in [0.2, 0.25) is 0 Å². The summed E-state index contributed by atoms with van der Waals surface area (Å²) in [7, 11) is 1.58. The Labute approximate surface area is 232 Å². The standard InChI is InChI=1S/C32H28N2O4S/c1-22-8-6-9-23(18-22)19-29(34-31(36)25-10-4-3-5-11-25)32(37)33-26-12-7-13-28(20-26)39-21-30(35)24-14-16-27(38-2)17-15-24/h3-20H,21H2,1-2H3,(H,33,37)(H,34,36)/b29-19-. The minimum absolute atomic E-state index is 0.0101. The Morgan fingerprint density at radius 3 is 2.28 bits per heavy atom. The van der Waals surface area contributed by atoms with Gasteiger partial charge in [-0.1, -0.05) is 54.1 Å². The number of Topliss-reactive ketones (excluding diaryl/α,β-unsaturated/α-hetero) is 1. The van der Waals surface area contributed by atoms with Gasteiger partial charge in [0, 0.05) is 21.7 Å². The van der Waals surface area contributed by atoms with Gasteiger partial charge in [0.25, 0.3) is 11.8 Å². The lowest BCUT2D eigenvalue weighted by molar-refractivity contribution is -0.113. The van der Waals surface area contributed by atoms with Crippen molar-refractivity contribution in [2.75, 3.05) is 18.2 Å². The molecule has 0 saturated heterocycles. The Morgan fingerprint density at radius 1 is 0.821 bits per heavy atom. The molecule has 0 unspecified atom stereocenters. The van der Waals surface area contributed by atoms with E-state index in [1.54, 1.807) is 73.8 Å². The third-order valence-electron chi connectivity index (χ3n) is 5.76. The van der Waals surface area contributed by atoms with Gasteiger partial charge in [-0.2, -0.15) is 0 Å². The Balaban J connectivity index is 1.47. The molecule has 0 aliphatic rings. The number of benzene rings is 4. The van der Waals surface area contributed by atoms with Crippen molar-refractivity contribution in [3.8, 4) is 5.75 Å². The molecular formula is C32H28N2O4S. The van der Waals surface area contributed by atoms with E-state index in [4.69, 9.17) is 4.74 Å². The minimum Gasteiger partial charge on any atom is -0.497 e. The number of rotatable bonds is 10. The summed E-state index contributed by atoms with van der Waals surface area (Å²) in [6.45, 7) is 1.96. The van der Waals surface area contributed by atoms with Gasteiger partial charge in [-0.25, -0.2) is 0 Å². The van der Waals surface area contributed by atoms with Crippen molar-refractivity contribution in [1.82, 2.24) is 5.32 Å². The molecule has 2 amide bonds. The van der Waals surface area contributed by atoms with E-state index < -0.39 is 5.91 Å². The van der Waals surface area contributed by atoms with Crippen LogP contribution in [0, 0.1) is 6.92 Å². The van der Waals surface area contributed by atoms with Crippen LogP contribution in [0.4, 0.5) is 5.69 Å². The van der Waals surface area contributed by atoms with E-state index in [9.17, 15) is 14.4 Å². The van der Waals surface area contributed by atoms with Crippen LogP contribution in [0.2, 0.25) is 0 Å². The molecule has 0 aliphatic carbocycles. The molecule has 0 bridgehead atoms. The Morgan fingerprint density at radius 2 is 1.56 bits per heavy atom. The number of methoxy groups -OCH3 is 1. The first kappa shape index (κ1) is 27.4. The van der Waals surface area contributed by atoms with Gasteiger partial charge in [0.1, 0.15) is 11.4 Å². The number of amides is 2. The van der Waals surface area contributed by atoms with Crippen LogP contribution in [0.15, 0.2) is 114 Å². The fourth-order valence-corrected chi connectivity index (χ4v) is 4.59. The largest absolute Gasteiger partial charge is 0.497 e. The lowest BCUT2D eigenvalue weighted by Crippen LogP contribution is -2.30. The third-order valence-corrected chi connectivity index (χ3v) is 6.75. The molecule has 2 N–H and O–H groups in total. The summed E-state index contributed by atoms with van der Waals surface area (Å²) in [6, 6.07) is 30.6. The van der Waals surface area contributed by atoms with Gasteiger partial charge in [-0.15, -0.1) is 11.8 Å². The number of carbonyl (C=O) groups excluding carboxylic acids is 3. The molecule has 0 spiro atoms. The zero-order valence-corrected chi connectivity index (χ0v) is 22.5. The molecular weight excluding hydrogens is 508 g/mol. The Kier molecular flexibility index (Phi) is 9.32. The first-order valence-corrected chi connectivity index (χ1v) is 13.3.